The normalized spacial score (nSPS) is 8.90. The van der Waals surface area contributed by atoms with E-state index in [1.807, 2.05) is 24.3 Å². The zero-order valence-corrected chi connectivity index (χ0v) is 6.75. The highest BCUT2D eigenvalue weighted by Crippen LogP contribution is 2.13. The zero-order chi connectivity index (χ0) is 7.40. The van der Waals surface area contributed by atoms with E-state index < -0.39 is 0 Å². The van der Waals surface area contributed by atoms with Gasteiger partial charge in [0.15, 0.2) is 0 Å². The quantitative estimate of drug-likeness (QED) is 0.687. The van der Waals surface area contributed by atoms with Crippen LogP contribution in [0.25, 0.3) is 0 Å². The summed E-state index contributed by atoms with van der Waals surface area (Å²) in [5.74, 6) is 0. The molecule has 52 valence electrons. The minimum Gasteiger partial charge on any atom is -0.353 e. The summed E-state index contributed by atoms with van der Waals surface area (Å²) < 4.78 is 0. The summed E-state index contributed by atoms with van der Waals surface area (Å²) in [6.07, 6.45) is 0. The van der Waals surface area contributed by atoms with Crippen molar-refractivity contribution in [1.82, 2.24) is 0 Å². The predicted molar refractivity (Wildman–Crippen MR) is 48.7 cm³/mol. The van der Waals surface area contributed by atoms with E-state index in [2.05, 4.69) is 17.5 Å². The Hall–Kier alpha value is -0.600. The van der Waals surface area contributed by atoms with Crippen LogP contribution in [-0.4, -0.2) is 5.49 Å². The molecule has 0 saturated heterocycles. The van der Waals surface area contributed by atoms with Gasteiger partial charge in [-0.1, -0.05) is 29.9 Å². The molecule has 1 aromatic rings. The van der Waals surface area contributed by atoms with Gasteiger partial charge in [0.25, 0.3) is 0 Å². The van der Waals surface area contributed by atoms with E-state index >= 15 is 0 Å². The van der Waals surface area contributed by atoms with Crippen LogP contribution < -0.4 is 5.32 Å². The van der Waals surface area contributed by atoms with Gasteiger partial charge in [0.1, 0.15) is 0 Å². The number of rotatable bonds is 2. The molecule has 0 amide bonds. The topological polar surface area (TPSA) is 12.0 Å². The summed E-state index contributed by atoms with van der Waals surface area (Å²) in [4.78, 5) is 0. The molecule has 3 heteroatoms. The first-order valence-electron chi connectivity index (χ1n) is 2.78. The van der Waals surface area contributed by atoms with Gasteiger partial charge in [-0.15, -0.1) is 0 Å². The summed E-state index contributed by atoms with van der Waals surface area (Å²) >= 11 is 10.3. The highest BCUT2D eigenvalue weighted by molar-refractivity contribution is 7.79. The van der Waals surface area contributed by atoms with Gasteiger partial charge in [0.05, 0.1) is 5.49 Å². The highest BCUT2D eigenvalue weighted by atomic mass is 35.5. The summed E-state index contributed by atoms with van der Waals surface area (Å²) in [5.41, 5.74) is 2.37. The zero-order valence-electron chi connectivity index (χ0n) is 5.17. The number of hydrogen-bond donors (Lipinski definition) is 1. The first kappa shape index (κ1) is 7.51. The van der Waals surface area contributed by atoms with Gasteiger partial charge in [-0.3, -0.25) is 0 Å². The number of benzene rings is 1. The molecule has 0 aliphatic heterocycles. The van der Waals surface area contributed by atoms with E-state index in [9.17, 15) is 0 Å². The number of thiocarbonyl (C=S) groups is 1. The average molecular weight is 172 g/mol. The third kappa shape index (κ3) is 1.97. The van der Waals surface area contributed by atoms with Crippen molar-refractivity contribution >= 4 is 35.0 Å². The molecule has 1 N–H and O–H groups in total. The molecule has 1 rings (SSSR count). The molecular weight excluding hydrogens is 166 g/mol. The summed E-state index contributed by atoms with van der Waals surface area (Å²) in [5, 5.41) is 3.56. The maximum atomic E-state index is 5.69. The molecule has 0 aliphatic rings. The van der Waals surface area contributed by atoms with Crippen LogP contribution in [0.4, 0.5) is 5.69 Å². The van der Waals surface area contributed by atoms with Gasteiger partial charge >= 0.3 is 0 Å². The molecule has 0 unspecified atom stereocenters. The summed E-state index contributed by atoms with van der Waals surface area (Å²) in [6, 6.07) is 7.39. The third-order valence-electron chi connectivity index (χ3n) is 1.05. The Kier molecular flexibility index (Phi) is 2.66. The molecule has 0 fully saturated rings. The fourth-order valence-electron chi connectivity index (χ4n) is 0.646. The standard InChI is InChI=1S/C7H6ClNS/c8-6-2-1-3-7(4-6)9-5-10/h1-5H,(H,9,10). The molecule has 0 aromatic heterocycles. The Morgan fingerprint density at radius 1 is 1.50 bits per heavy atom. The van der Waals surface area contributed by atoms with Crippen molar-refractivity contribution in [2.75, 3.05) is 5.32 Å². The highest BCUT2D eigenvalue weighted by Gasteiger charge is 1.88. The van der Waals surface area contributed by atoms with Gasteiger partial charge in [-0.2, -0.15) is 0 Å². The maximum Gasteiger partial charge on any atom is 0.0658 e. The van der Waals surface area contributed by atoms with Crippen molar-refractivity contribution in [2.45, 2.75) is 0 Å². The molecule has 0 heterocycles. The summed E-state index contributed by atoms with van der Waals surface area (Å²) in [7, 11) is 0. The Labute approximate surface area is 70.0 Å². The van der Waals surface area contributed by atoms with Crippen LogP contribution >= 0.6 is 23.8 Å². The first-order chi connectivity index (χ1) is 4.83. The molecule has 10 heavy (non-hydrogen) atoms. The van der Waals surface area contributed by atoms with Crippen molar-refractivity contribution in [3.63, 3.8) is 0 Å². The van der Waals surface area contributed by atoms with E-state index in [-0.39, 0.29) is 0 Å². The minimum absolute atomic E-state index is 0.710. The molecule has 1 aromatic carbocycles. The van der Waals surface area contributed by atoms with Crippen LogP contribution in [0.15, 0.2) is 24.3 Å². The second-order valence-corrected chi connectivity index (χ2v) is 2.44. The van der Waals surface area contributed by atoms with Crippen molar-refractivity contribution in [3.8, 4) is 0 Å². The molecule has 0 aliphatic carbocycles. The lowest BCUT2D eigenvalue weighted by Crippen LogP contribution is -1.90. The van der Waals surface area contributed by atoms with Crippen molar-refractivity contribution in [1.29, 1.82) is 0 Å². The lowest BCUT2D eigenvalue weighted by Gasteiger charge is -1.97. The van der Waals surface area contributed by atoms with E-state index in [1.165, 1.54) is 5.49 Å². The Balaban J connectivity index is 2.84. The molecule has 1 nitrogen and oxygen atoms in total. The van der Waals surface area contributed by atoms with Gasteiger partial charge in [-0.25, -0.2) is 0 Å². The number of hydrogen-bond acceptors (Lipinski definition) is 1. The van der Waals surface area contributed by atoms with Gasteiger partial charge in [0.2, 0.25) is 0 Å². The molecule has 0 radical (unpaired) electrons. The number of halogens is 1. The van der Waals surface area contributed by atoms with Gasteiger partial charge in [0, 0.05) is 10.7 Å². The second-order valence-electron chi connectivity index (χ2n) is 1.77. The first-order valence-corrected chi connectivity index (χ1v) is 3.63. The van der Waals surface area contributed by atoms with Crippen LogP contribution in [0.1, 0.15) is 0 Å². The van der Waals surface area contributed by atoms with Gasteiger partial charge < -0.3 is 5.32 Å². The van der Waals surface area contributed by atoms with E-state index in [4.69, 9.17) is 11.6 Å². The maximum absolute atomic E-state index is 5.69. The second kappa shape index (κ2) is 3.54. The molecule has 0 bridgehead atoms. The molecule has 0 saturated carbocycles. The third-order valence-corrected chi connectivity index (χ3v) is 1.40. The van der Waals surface area contributed by atoms with E-state index in [0.717, 1.165) is 5.69 Å². The minimum atomic E-state index is 0.710. The lowest BCUT2D eigenvalue weighted by molar-refractivity contribution is 1.67. The van der Waals surface area contributed by atoms with Crippen LogP contribution in [-0.2, 0) is 0 Å². The molecule has 0 spiro atoms. The molecule has 0 atom stereocenters. The number of nitrogens with one attached hydrogen (secondary N) is 1. The van der Waals surface area contributed by atoms with Crippen molar-refractivity contribution in [3.05, 3.63) is 29.3 Å². The lowest BCUT2D eigenvalue weighted by atomic mass is 10.3. The predicted octanol–water partition coefficient (Wildman–Crippen LogP) is 2.71. The average Bonchev–Trinajstić information content (AvgIpc) is 1.88. The van der Waals surface area contributed by atoms with Crippen LogP contribution in [0.5, 0.6) is 0 Å². The van der Waals surface area contributed by atoms with Crippen LogP contribution in [0.3, 0.4) is 0 Å². The Bertz CT molecular complexity index is 237. The van der Waals surface area contributed by atoms with E-state index in [0.29, 0.717) is 5.02 Å². The van der Waals surface area contributed by atoms with Crippen molar-refractivity contribution < 1.29 is 0 Å². The van der Waals surface area contributed by atoms with Gasteiger partial charge in [-0.05, 0) is 18.2 Å². The molecular formula is C7H6ClNS. The Morgan fingerprint density at radius 2 is 2.30 bits per heavy atom. The fraction of sp³-hybridized carbons (Fsp3) is 0. The van der Waals surface area contributed by atoms with Crippen LogP contribution in [0.2, 0.25) is 5.02 Å². The largest absolute Gasteiger partial charge is 0.353 e. The fourth-order valence-corrected chi connectivity index (χ4v) is 0.973. The van der Waals surface area contributed by atoms with Crippen molar-refractivity contribution in [2.24, 2.45) is 0 Å². The SMILES string of the molecule is S=CNc1cccc(Cl)c1. The smallest absolute Gasteiger partial charge is 0.0658 e. The summed E-state index contributed by atoms with van der Waals surface area (Å²) in [6.45, 7) is 0. The van der Waals surface area contributed by atoms with Crippen LogP contribution in [0, 0.1) is 0 Å². The Morgan fingerprint density at radius 3 is 2.90 bits per heavy atom. The monoisotopic (exact) mass is 171 g/mol. The van der Waals surface area contributed by atoms with E-state index in [1.54, 1.807) is 0 Å². The number of anilines is 1.